The Morgan fingerprint density at radius 2 is 2.21 bits per heavy atom. The number of hydrogen-bond donors (Lipinski definition) is 1. The van der Waals surface area contributed by atoms with Gasteiger partial charge in [-0.25, -0.2) is 13.2 Å². The Hall–Kier alpha value is -1.43. The first kappa shape index (κ1) is 10.6. The Kier molecular flexibility index (Phi) is 3.19. The quantitative estimate of drug-likeness (QED) is 0.757. The predicted molar refractivity (Wildman–Crippen MR) is 42.4 cm³/mol. The average molecular weight is 204 g/mol. The standard InChI is InChI=1S/C8H7F3N2O/c9-7-5(3-14)4(8(10)11)2-13-6(7)1-12/h2-3,8H,1,12H2. The topological polar surface area (TPSA) is 56.0 Å². The van der Waals surface area contributed by atoms with Gasteiger partial charge in [0.1, 0.15) is 0 Å². The van der Waals surface area contributed by atoms with Gasteiger partial charge in [0.15, 0.2) is 12.1 Å². The molecule has 0 atom stereocenters. The van der Waals surface area contributed by atoms with Crippen molar-refractivity contribution in [2.24, 2.45) is 5.73 Å². The van der Waals surface area contributed by atoms with E-state index in [1.165, 1.54) is 0 Å². The van der Waals surface area contributed by atoms with Crippen molar-refractivity contribution in [3.63, 3.8) is 0 Å². The number of hydrogen-bond acceptors (Lipinski definition) is 3. The first-order chi connectivity index (χ1) is 6.61. The van der Waals surface area contributed by atoms with Crippen LogP contribution >= 0.6 is 0 Å². The normalized spacial score (nSPS) is 10.6. The van der Waals surface area contributed by atoms with Crippen LogP contribution in [-0.4, -0.2) is 11.3 Å². The fourth-order valence-electron chi connectivity index (χ4n) is 0.992. The number of carbonyl (C=O) groups is 1. The van der Waals surface area contributed by atoms with Gasteiger partial charge in [0.2, 0.25) is 0 Å². The molecule has 1 aromatic heterocycles. The number of carbonyl (C=O) groups excluding carboxylic acids is 1. The summed E-state index contributed by atoms with van der Waals surface area (Å²) in [5.41, 5.74) is 3.51. The molecule has 6 heteroatoms. The van der Waals surface area contributed by atoms with Gasteiger partial charge in [-0.2, -0.15) is 0 Å². The molecule has 14 heavy (non-hydrogen) atoms. The average Bonchev–Trinajstić information content (AvgIpc) is 2.17. The third-order valence-corrected chi connectivity index (χ3v) is 1.71. The molecular formula is C8H7F3N2O. The molecule has 1 rings (SSSR count). The zero-order valence-electron chi connectivity index (χ0n) is 7.01. The van der Waals surface area contributed by atoms with E-state index in [0.29, 0.717) is 0 Å². The number of alkyl halides is 2. The minimum absolute atomic E-state index is 0.0394. The Morgan fingerprint density at radius 1 is 1.57 bits per heavy atom. The Labute approximate surface area is 77.7 Å². The Balaban J connectivity index is 3.35. The minimum Gasteiger partial charge on any atom is -0.325 e. The Morgan fingerprint density at radius 3 is 2.64 bits per heavy atom. The lowest BCUT2D eigenvalue weighted by Crippen LogP contribution is -2.08. The molecular weight excluding hydrogens is 197 g/mol. The van der Waals surface area contributed by atoms with Crippen LogP contribution in [0.15, 0.2) is 6.20 Å². The van der Waals surface area contributed by atoms with Crippen LogP contribution in [0.5, 0.6) is 0 Å². The van der Waals surface area contributed by atoms with Crippen LogP contribution in [0.25, 0.3) is 0 Å². The zero-order chi connectivity index (χ0) is 10.7. The molecule has 0 aliphatic carbocycles. The molecule has 0 unspecified atom stereocenters. The molecule has 76 valence electrons. The van der Waals surface area contributed by atoms with Crippen molar-refractivity contribution in [1.82, 2.24) is 4.98 Å². The van der Waals surface area contributed by atoms with Crippen LogP contribution in [0.1, 0.15) is 28.0 Å². The highest BCUT2D eigenvalue weighted by molar-refractivity contribution is 5.77. The lowest BCUT2D eigenvalue weighted by atomic mass is 10.1. The van der Waals surface area contributed by atoms with Crippen molar-refractivity contribution in [1.29, 1.82) is 0 Å². The van der Waals surface area contributed by atoms with E-state index >= 15 is 0 Å². The molecule has 0 fully saturated rings. The highest BCUT2D eigenvalue weighted by Gasteiger charge is 2.19. The first-order valence-corrected chi connectivity index (χ1v) is 3.72. The van der Waals surface area contributed by atoms with Crippen LogP contribution in [-0.2, 0) is 6.54 Å². The van der Waals surface area contributed by atoms with Crippen LogP contribution < -0.4 is 5.73 Å². The van der Waals surface area contributed by atoms with Crippen molar-refractivity contribution >= 4 is 6.29 Å². The fraction of sp³-hybridized carbons (Fsp3) is 0.250. The molecule has 0 aliphatic heterocycles. The lowest BCUT2D eigenvalue weighted by Gasteiger charge is -2.06. The molecule has 0 bridgehead atoms. The van der Waals surface area contributed by atoms with E-state index in [1.807, 2.05) is 0 Å². The molecule has 3 nitrogen and oxygen atoms in total. The van der Waals surface area contributed by atoms with Crippen molar-refractivity contribution < 1.29 is 18.0 Å². The van der Waals surface area contributed by atoms with E-state index < -0.39 is 23.4 Å². The number of halogens is 3. The number of aldehydes is 1. The summed E-state index contributed by atoms with van der Waals surface area (Å²) in [7, 11) is 0. The summed E-state index contributed by atoms with van der Waals surface area (Å²) in [5, 5.41) is 0. The van der Waals surface area contributed by atoms with Crippen LogP contribution in [0.3, 0.4) is 0 Å². The van der Waals surface area contributed by atoms with Crippen molar-refractivity contribution in [2.75, 3.05) is 0 Å². The van der Waals surface area contributed by atoms with E-state index in [4.69, 9.17) is 5.73 Å². The maximum atomic E-state index is 13.2. The van der Waals surface area contributed by atoms with Crippen molar-refractivity contribution in [2.45, 2.75) is 13.0 Å². The largest absolute Gasteiger partial charge is 0.325 e. The SMILES string of the molecule is NCc1ncc(C(F)F)c(C=O)c1F. The van der Waals surface area contributed by atoms with E-state index in [9.17, 15) is 18.0 Å². The summed E-state index contributed by atoms with van der Waals surface area (Å²) in [5.74, 6) is -1.07. The summed E-state index contributed by atoms with van der Waals surface area (Å²) < 4.78 is 37.7. The van der Waals surface area contributed by atoms with E-state index in [0.717, 1.165) is 6.20 Å². The summed E-state index contributed by atoms with van der Waals surface area (Å²) in [6.45, 7) is -0.240. The lowest BCUT2D eigenvalue weighted by molar-refractivity contribution is 0.110. The summed E-state index contributed by atoms with van der Waals surface area (Å²) >= 11 is 0. The van der Waals surface area contributed by atoms with Crippen LogP contribution in [0.2, 0.25) is 0 Å². The molecule has 0 aliphatic rings. The third-order valence-electron chi connectivity index (χ3n) is 1.71. The number of nitrogens with two attached hydrogens (primary N) is 1. The summed E-state index contributed by atoms with van der Waals surface area (Å²) in [6.07, 6.45) is -2.12. The highest BCUT2D eigenvalue weighted by atomic mass is 19.3. The maximum absolute atomic E-state index is 13.2. The van der Waals surface area contributed by atoms with E-state index in [-0.39, 0.29) is 18.5 Å². The van der Waals surface area contributed by atoms with Gasteiger partial charge in [-0.3, -0.25) is 9.78 Å². The van der Waals surface area contributed by atoms with Gasteiger partial charge in [-0.1, -0.05) is 0 Å². The highest BCUT2D eigenvalue weighted by Crippen LogP contribution is 2.23. The van der Waals surface area contributed by atoms with Gasteiger partial charge in [0.25, 0.3) is 6.43 Å². The molecule has 0 aromatic carbocycles. The van der Waals surface area contributed by atoms with Crippen molar-refractivity contribution in [3.8, 4) is 0 Å². The zero-order valence-corrected chi connectivity index (χ0v) is 7.01. The van der Waals surface area contributed by atoms with E-state index in [2.05, 4.69) is 4.98 Å². The minimum atomic E-state index is -2.93. The summed E-state index contributed by atoms with van der Waals surface area (Å²) in [6, 6.07) is 0. The second kappa shape index (κ2) is 4.19. The molecule has 0 amide bonds. The summed E-state index contributed by atoms with van der Waals surface area (Å²) in [4.78, 5) is 13.8. The van der Waals surface area contributed by atoms with Crippen LogP contribution in [0.4, 0.5) is 13.2 Å². The molecule has 0 saturated heterocycles. The first-order valence-electron chi connectivity index (χ1n) is 3.72. The van der Waals surface area contributed by atoms with Gasteiger partial charge in [0, 0.05) is 18.3 Å². The van der Waals surface area contributed by atoms with Gasteiger partial charge < -0.3 is 5.73 Å². The fourth-order valence-corrected chi connectivity index (χ4v) is 0.992. The van der Waals surface area contributed by atoms with Gasteiger partial charge in [-0.05, 0) is 0 Å². The molecule has 0 radical (unpaired) electrons. The monoisotopic (exact) mass is 204 g/mol. The Bertz CT molecular complexity index is 355. The van der Waals surface area contributed by atoms with E-state index in [1.54, 1.807) is 0 Å². The second-order valence-electron chi connectivity index (χ2n) is 2.51. The molecule has 1 aromatic rings. The van der Waals surface area contributed by atoms with Crippen molar-refractivity contribution in [3.05, 3.63) is 28.8 Å². The number of rotatable bonds is 3. The maximum Gasteiger partial charge on any atom is 0.266 e. The molecule has 0 spiro atoms. The molecule has 1 heterocycles. The predicted octanol–water partition coefficient (Wildman–Crippen LogP) is 1.43. The number of aromatic nitrogens is 1. The number of pyridine rings is 1. The number of nitrogens with zero attached hydrogens (tertiary/aromatic N) is 1. The van der Waals surface area contributed by atoms with Gasteiger partial charge in [0.05, 0.1) is 11.3 Å². The molecule has 0 saturated carbocycles. The van der Waals surface area contributed by atoms with Gasteiger partial charge >= 0.3 is 0 Å². The van der Waals surface area contributed by atoms with Gasteiger partial charge in [-0.15, -0.1) is 0 Å². The molecule has 2 N–H and O–H groups in total. The third kappa shape index (κ3) is 1.74. The smallest absolute Gasteiger partial charge is 0.266 e. The second-order valence-corrected chi connectivity index (χ2v) is 2.51. The van der Waals surface area contributed by atoms with Crippen LogP contribution in [0, 0.1) is 5.82 Å².